The molecule has 24 heavy (non-hydrogen) atoms. The molecule has 0 unspecified atom stereocenters. The van der Waals surface area contributed by atoms with Gasteiger partial charge in [0, 0.05) is 6.54 Å². The Balaban J connectivity index is 2.40. The maximum atomic E-state index is 12.5. The van der Waals surface area contributed by atoms with Crippen molar-refractivity contribution in [2.45, 2.75) is 19.5 Å². The standard InChI is InChI=1S/C19H20ClNO3/c1-2-24-19(23)18(16-11-7-4-8-12-16)21(17(22)13-20)14-15-9-5-3-6-10-15/h3-12,18H,2,13-14H2,1H3/t18-/m1/s1. The quantitative estimate of drug-likeness (QED) is 0.569. The summed E-state index contributed by atoms with van der Waals surface area (Å²) in [7, 11) is 0. The number of halogens is 1. The van der Waals surface area contributed by atoms with Gasteiger partial charge in [-0.3, -0.25) is 4.79 Å². The average Bonchev–Trinajstić information content (AvgIpc) is 2.62. The van der Waals surface area contributed by atoms with Gasteiger partial charge in [-0.15, -0.1) is 11.6 Å². The van der Waals surface area contributed by atoms with Crippen LogP contribution in [0.4, 0.5) is 0 Å². The van der Waals surface area contributed by atoms with E-state index < -0.39 is 12.0 Å². The van der Waals surface area contributed by atoms with E-state index in [0.717, 1.165) is 5.56 Å². The second-order valence-electron chi connectivity index (χ2n) is 5.21. The molecule has 0 saturated carbocycles. The van der Waals surface area contributed by atoms with Crippen LogP contribution in [-0.4, -0.2) is 29.3 Å². The normalized spacial score (nSPS) is 11.6. The molecule has 2 aromatic carbocycles. The van der Waals surface area contributed by atoms with Crippen LogP contribution in [0.5, 0.6) is 0 Å². The highest BCUT2D eigenvalue weighted by atomic mass is 35.5. The largest absolute Gasteiger partial charge is 0.464 e. The Morgan fingerprint density at radius 3 is 2.17 bits per heavy atom. The van der Waals surface area contributed by atoms with Crippen molar-refractivity contribution in [1.82, 2.24) is 4.90 Å². The molecule has 0 bridgehead atoms. The molecule has 2 aromatic rings. The molecular weight excluding hydrogens is 326 g/mol. The molecule has 0 fully saturated rings. The van der Waals surface area contributed by atoms with E-state index in [2.05, 4.69) is 0 Å². The van der Waals surface area contributed by atoms with Gasteiger partial charge >= 0.3 is 5.97 Å². The molecule has 0 aliphatic heterocycles. The Labute approximate surface area is 147 Å². The predicted octanol–water partition coefficient (Wildman–Crippen LogP) is 3.56. The molecule has 1 amide bonds. The van der Waals surface area contributed by atoms with Gasteiger partial charge in [-0.25, -0.2) is 4.79 Å². The number of carbonyl (C=O) groups excluding carboxylic acids is 2. The summed E-state index contributed by atoms with van der Waals surface area (Å²) in [6.45, 7) is 2.27. The highest BCUT2D eigenvalue weighted by Gasteiger charge is 2.32. The van der Waals surface area contributed by atoms with Gasteiger partial charge in [0.2, 0.25) is 5.91 Å². The Morgan fingerprint density at radius 2 is 1.62 bits per heavy atom. The van der Waals surface area contributed by atoms with Gasteiger partial charge in [0.25, 0.3) is 0 Å². The summed E-state index contributed by atoms with van der Waals surface area (Å²) >= 11 is 5.78. The van der Waals surface area contributed by atoms with Crippen molar-refractivity contribution in [2.75, 3.05) is 12.5 Å². The first-order valence-electron chi connectivity index (χ1n) is 7.78. The number of amides is 1. The van der Waals surface area contributed by atoms with Crippen molar-refractivity contribution in [3.63, 3.8) is 0 Å². The van der Waals surface area contributed by atoms with Crippen molar-refractivity contribution < 1.29 is 14.3 Å². The van der Waals surface area contributed by atoms with Gasteiger partial charge < -0.3 is 9.64 Å². The molecule has 0 aliphatic rings. The molecule has 0 aliphatic carbocycles. The molecule has 4 nitrogen and oxygen atoms in total. The topological polar surface area (TPSA) is 46.6 Å². The SMILES string of the molecule is CCOC(=O)[C@@H](c1ccccc1)N(Cc1ccccc1)C(=O)CCl. The fourth-order valence-electron chi connectivity index (χ4n) is 2.48. The van der Waals surface area contributed by atoms with Crippen LogP contribution in [0.3, 0.4) is 0 Å². The molecule has 0 saturated heterocycles. The van der Waals surface area contributed by atoms with E-state index in [-0.39, 0.29) is 24.9 Å². The molecule has 126 valence electrons. The minimum absolute atomic E-state index is 0.199. The van der Waals surface area contributed by atoms with Crippen LogP contribution in [0.2, 0.25) is 0 Å². The molecule has 5 heteroatoms. The fraction of sp³-hybridized carbons (Fsp3) is 0.263. The summed E-state index contributed by atoms with van der Waals surface area (Å²) < 4.78 is 5.20. The Kier molecular flexibility index (Phi) is 6.82. The summed E-state index contributed by atoms with van der Waals surface area (Å²) in [6.07, 6.45) is 0. The Bertz CT molecular complexity index is 661. The number of esters is 1. The van der Waals surface area contributed by atoms with E-state index >= 15 is 0 Å². The van der Waals surface area contributed by atoms with E-state index in [1.54, 1.807) is 19.1 Å². The minimum Gasteiger partial charge on any atom is -0.464 e. The average molecular weight is 346 g/mol. The van der Waals surface area contributed by atoms with Crippen molar-refractivity contribution in [1.29, 1.82) is 0 Å². The molecular formula is C19H20ClNO3. The van der Waals surface area contributed by atoms with Crippen LogP contribution in [0, 0.1) is 0 Å². The lowest BCUT2D eigenvalue weighted by molar-refractivity contribution is -0.155. The maximum absolute atomic E-state index is 12.5. The number of nitrogens with zero attached hydrogens (tertiary/aromatic N) is 1. The van der Waals surface area contributed by atoms with E-state index in [0.29, 0.717) is 5.56 Å². The lowest BCUT2D eigenvalue weighted by Gasteiger charge is -2.30. The highest BCUT2D eigenvalue weighted by Crippen LogP contribution is 2.25. The number of alkyl halides is 1. The molecule has 0 aromatic heterocycles. The van der Waals surface area contributed by atoms with Gasteiger partial charge in [0.1, 0.15) is 5.88 Å². The molecule has 2 rings (SSSR count). The van der Waals surface area contributed by atoms with Crippen LogP contribution in [-0.2, 0) is 20.9 Å². The summed E-state index contributed by atoms with van der Waals surface area (Å²) in [5.74, 6) is -0.976. The van der Waals surface area contributed by atoms with E-state index in [1.807, 2.05) is 48.5 Å². The Hall–Kier alpha value is -2.33. The zero-order chi connectivity index (χ0) is 17.4. The van der Waals surface area contributed by atoms with Gasteiger partial charge in [-0.1, -0.05) is 60.7 Å². The van der Waals surface area contributed by atoms with Gasteiger partial charge in [0.15, 0.2) is 6.04 Å². The lowest BCUT2D eigenvalue weighted by Crippen LogP contribution is -2.40. The third kappa shape index (κ3) is 4.59. The van der Waals surface area contributed by atoms with Gasteiger partial charge in [0.05, 0.1) is 6.61 Å². The van der Waals surface area contributed by atoms with Crippen LogP contribution < -0.4 is 0 Å². The summed E-state index contributed by atoms with van der Waals surface area (Å²) in [6, 6.07) is 17.8. The highest BCUT2D eigenvalue weighted by molar-refractivity contribution is 6.27. The smallest absolute Gasteiger partial charge is 0.333 e. The molecule has 0 spiro atoms. The summed E-state index contributed by atoms with van der Waals surface area (Å²) in [5, 5.41) is 0. The van der Waals surface area contributed by atoms with Crippen LogP contribution in [0.25, 0.3) is 0 Å². The van der Waals surface area contributed by atoms with E-state index in [1.165, 1.54) is 4.90 Å². The number of ether oxygens (including phenoxy) is 1. The van der Waals surface area contributed by atoms with Crippen LogP contribution in [0.1, 0.15) is 24.1 Å². The minimum atomic E-state index is -0.822. The number of carbonyl (C=O) groups is 2. The first-order chi connectivity index (χ1) is 11.7. The van der Waals surface area contributed by atoms with E-state index in [9.17, 15) is 9.59 Å². The first-order valence-corrected chi connectivity index (χ1v) is 8.31. The van der Waals surface area contributed by atoms with Crippen LogP contribution in [0.15, 0.2) is 60.7 Å². The number of hydrogen-bond donors (Lipinski definition) is 0. The van der Waals surface area contributed by atoms with Gasteiger partial charge in [-0.2, -0.15) is 0 Å². The monoisotopic (exact) mass is 345 g/mol. The van der Waals surface area contributed by atoms with Crippen molar-refractivity contribution in [2.24, 2.45) is 0 Å². The fourth-order valence-corrected chi connectivity index (χ4v) is 2.63. The second kappa shape index (κ2) is 9.08. The Morgan fingerprint density at radius 1 is 1.04 bits per heavy atom. The predicted molar refractivity (Wildman–Crippen MR) is 93.5 cm³/mol. The van der Waals surface area contributed by atoms with Crippen molar-refractivity contribution in [3.8, 4) is 0 Å². The van der Waals surface area contributed by atoms with Crippen molar-refractivity contribution >= 4 is 23.5 Å². The molecule has 0 heterocycles. The van der Waals surface area contributed by atoms with Gasteiger partial charge in [-0.05, 0) is 18.1 Å². The third-order valence-electron chi connectivity index (χ3n) is 3.57. The third-order valence-corrected chi connectivity index (χ3v) is 3.80. The maximum Gasteiger partial charge on any atom is 0.333 e. The van der Waals surface area contributed by atoms with Crippen molar-refractivity contribution in [3.05, 3.63) is 71.8 Å². The number of benzene rings is 2. The summed E-state index contributed by atoms with van der Waals surface area (Å²) in [4.78, 5) is 26.4. The van der Waals surface area contributed by atoms with E-state index in [4.69, 9.17) is 16.3 Å². The van der Waals surface area contributed by atoms with Crippen LogP contribution >= 0.6 is 11.6 Å². The lowest BCUT2D eigenvalue weighted by atomic mass is 10.0. The zero-order valence-electron chi connectivity index (χ0n) is 13.5. The molecule has 0 radical (unpaired) electrons. The first kappa shape index (κ1) is 18.0. The summed E-state index contributed by atoms with van der Waals surface area (Å²) in [5.41, 5.74) is 1.62. The number of rotatable bonds is 7. The molecule has 0 N–H and O–H groups in total. The number of hydrogen-bond acceptors (Lipinski definition) is 3. The second-order valence-corrected chi connectivity index (χ2v) is 5.47. The zero-order valence-corrected chi connectivity index (χ0v) is 14.3. The molecule has 1 atom stereocenters.